The van der Waals surface area contributed by atoms with Crippen LogP contribution in [0.4, 0.5) is 0 Å². The lowest BCUT2D eigenvalue weighted by molar-refractivity contribution is -0.374. The van der Waals surface area contributed by atoms with E-state index >= 15 is 0 Å². The summed E-state index contributed by atoms with van der Waals surface area (Å²) in [6, 6.07) is 0. The van der Waals surface area contributed by atoms with E-state index < -0.39 is 188 Å². The van der Waals surface area contributed by atoms with E-state index in [9.17, 15) is 50.8 Å². The third-order valence-corrected chi connectivity index (χ3v) is 20.1. The average Bonchev–Trinajstić information content (AvgIpc) is 3.36. The fourth-order valence-corrected chi connectivity index (χ4v) is 15.6. The number of fused-ring (bicyclic) bond motifs is 5. The van der Waals surface area contributed by atoms with Crippen molar-refractivity contribution in [3.63, 3.8) is 0 Å². The highest BCUT2D eigenvalue weighted by Gasteiger charge is 2.79. The van der Waals surface area contributed by atoms with Crippen molar-refractivity contribution in [3.05, 3.63) is 11.6 Å². The van der Waals surface area contributed by atoms with Crippen molar-refractivity contribution in [1.29, 1.82) is 0 Å². The van der Waals surface area contributed by atoms with Gasteiger partial charge in [0.25, 0.3) is 0 Å². The van der Waals surface area contributed by atoms with E-state index in [1.165, 1.54) is 21.1 Å². The third kappa shape index (κ3) is 10.8. The van der Waals surface area contributed by atoms with Crippen molar-refractivity contribution in [3.8, 4) is 0 Å². The number of aliphatic hydroxyl groups is 9. The van der Waals surface area contributed by atoms with Gasteiger partial charge in [0.2, 0.25) is 0 Å². The number of ketones is 1. The predicted molar refractivity (Wildman–Crippen MR) is 270 cm³/mol. The van der Waals surface area contributed by atoms with E-state index in [0.717, 1.165) is 5.57 Å². The van der Waals surface area contributed by atoms with Gasteiger partial charge in [0, 0.05) is 65.0 Å². The molecule has 0 bridgehead atoms. The van der Waals surface area contributed by atoms with Crippen molar-refractivity contribution < 1.29 is 117 Å². The molecule has 31 unspecified atom stereocenters. The molecule has 0 amide bonds. The normalized spacial score (nSPS) is 54.1. The first-order chi connectivity index (χ1) is 37.3. The predicted octanol–water partition coefficient (Wildman–Crippen LogP) is -0.378. The number of Topliss-reactive ketones (excluding diaryl/α,β-unsaturated/α-hetero) is 1. The van der Waals surface area contributed by atoms with Crippen LogP contribution in [0.15, 0.2) is 11.6 Å². The fourth-order valence-electron chi connectivity index (χ4n) is 15.6. The molecule has 0 radical (unpaired) electrons. The minimum Gasteiger partial charge on any atom is -0.394 e. The number of hydrogen-bond acceptors (Lipinski definition) is 24. The van der Waals surface area contributed by atoms with Crippen molar-refractivity contribution in [2.24, 2.45) is 22.7 Å². The monoisotopic (exact) mass is 1130 g/mol. The van der Waals surface area contributed by atoms with E-state index in [2.05, 4.69) is 6.92 Å². The van der Waals surface area contributed by atoms with Gasteiger partial charge in [0.05, 0.1) is 67.6 Å². The molecule has 5 aliphatic heterocycles. The van der Waals surface area contributed by atoms with E-state index in [-0.39, 0.29) is 37.6 Å². The minimum atomic E-state index is -2.09. The zero-order chi connectivity index (χ0) is 57.4. The van der Waals surface area contributed by atoms with Crippen LogP contribution in [0.3, 0.4) is 0 Å². The first-order valence-corrected chi connectivity index (χ1v) is 28.3. The Balaban J connectivity index is 0.766. The smallest absolute Gasteiger partial charge is 0.187 e. The van der Waals surface area contributed by atoms with Crippen LogP contribution in [0.5, 0.6) is 0 Å². The molecule has 5 heterocycles. The van der Waals surface area contributed by atoms with Crippen LogP contribution >= 0.6 is 0 Å². The van der Waals surface area contributed by atoms with Gasteiger partial charge >= 0.3 is 0 Å². The molecule has 9 aliphatic rings. The Kier molecular flexibility index (Phi) is 18.9. The van der Waals surface area contributed by atoms with Gasteiger partial charge in [-0.1, -0.05) is 25.5 Å². The fraction of sp³-hybridized carbons (Fsp3) is 0.945. The average molecular weight is 1140 g/mol. The molecule has 5 saturated heterocycles. The molecule has 3 saturated carbocycles. The standard InChI is InChI=1S/C55H90O24/c1-23(57)30-17-37(59)55(65)53(30,7)36(58)21-35-52(6)14-13-29(16-28(52)12-15-54(35,55)64)74-38-18-31(66-8)45(24(2)70-38)76-39-19-32(67-9)46(25(3)71-39)77-40-20-33(68-10)47(26(4)72-40)78-51-44(63)49(69-11)48(27(5)73-51)79-50-43(62)42(61)41(60)34(22-56)75-50/h12,24-27,29-51,56,58-65H,13-22H2,1-11H3. The van der Waals surface area contributed by atoms with Crippen molar-refractivity contribution >= 4 is 5.78 Å². The van der Waals surface area contributed by atoms with Crippen LogP contribution in [0.25, 0.3) is 0 Å². The summed E-state index contributed by atoms with van der Waals surface area (Å²) < 4.78 is 86.9. The summed E-state index contributed by atoms with van der Waals surface area (Å²) in [5.41, 5.74) is -4.82. The lowest BCUT2D eigenvalue weighted by atomic mass is 9.42. The Labute approximate surface area is 462 Å². The Bertz CT molecular complexity index is 2110. The summed E-state index contributed by atoms with van der Waals surface area (Å²) in [5, 5.41) is 101. The summed E-state index contributed by atoms with van der Waals surface area (Å²) in [7, 11) is 6.11. The highest BCUT2D eigenvalue weighted by molar-refractivity contribution is 5.80. The molecule has 31 atom stereocenters. The summed E-state index contributed by atoms with van der Waals surface area (Å²) in [5.74, 6) is -1.60. The van der Waals surface area contributed by atoms with Gasteiger partial charge < -0.3 is 112 Å². The van der Waals surface area contributed by atoms with Crippen molar-refractivity contribution in [1.82, 2.24) is 0 Å². The molecule has 0 aromatic rings. The number of aliphatic hydroxyl groups excluding tert-OH is 7. The lowest BCUT2D eigenvalue weighted by Gasteiger charge is -2.66. The molecular weight excluding hydrogens is 1040 g/mol. The number of carbonyl (C=O) groups is 1. The van der Waals surface area contributed by atoms with Gasteiger partial charge in [-0.25, -0.2) is 0 Å². The van der Waals surface area contributed by atoms with E-state index in [4.69, 9.17) is 66.3 Å². The molecule has 9 rings (SSSR count). The van der Waals surface area contributed by atoms with Crippen LogP contribution in [-0.2, 0) is 71.1 Å². The van der Waals surface area contributed by atoms with Crippen LogP contribution in [0.2, 0.25) is 0 Å². The second-order valence-electron chi connectivity index (χ2n) is 24.4. The Morgan fingerprint density at radius 3 is 1.62 bits per heavy atom. The van der Waals surface area contributed by atoms with Gasteiger partial charge in [-0.3, -0.25) is 4.79 Å². The maximum Gasteiger partial charge on any atom is 0.187 e. The quantitative estimate of drug-likeness (QED) is 0.0890. The number of methoxy groups -OCH3 is 4. The SMILES string of the molecule is COC1CC(OC2CCC3(C)C(=CCC4(O)C3CC(O)C3(C)C(C(C)=O)CC(O)C43O)C2)OC(C)C1OC1CC(OC)C(OC2CC(OC)C(OC3OC(C)C(OC4OC(CO)C(O)C(O)C4O)C(OC)C3O)C(C)O2)C(C)O1. The van der Waals surface area contributed by atoms with E-state index in [0.29, 0.717) is 32.1 Å². The zero-order valence-corrected chi connectivity index (χ0v) is 47.4. The second kappa shape index (κ2) is 24.1. The van der Waals surface area contributed by atoms with Crippen LogP contribution in [0.1, 0.15) is 106 Å². The van der Waals surface area contributed by atoms with Crippen molar-refractivity contribution in [2.45, 2.75) is 271 Å². The Morgan fingerprint density at radius 1 is 0.595 bits per heavy atom. The number of hydrogen-bond donors (Lipinski definition) is 9. The lowest BCUT2D eigenvalue weighted by Crippen LogP contribution is -2.78. The molecule has 454 valence electrons. The summed E-state index contributed by atoms with van der Waals surface area (Å²) in [6.45, 7) is 11.7. The molecule has 9 N–H and O–H groups in total. The minimum absolute atomic E-state index is 0.0253. The van der Waals surface area contributed by atoms with Gasteiger partial charge in [-0.15, -0.1) is 0 Å². The van der Waals surface area contributed by atoms with Gasteiger partial charge in [-0.2, -0.15) is 0 Å². The van der Waals surface area contributed by atoms with E-state index in [1.807, 2.05) is 19.9 Å². The zero-order valence-electron chi connectivity index (χ0n) is 47.4. The Morgan fingerprint density at radius 2 is 1.10 bits per heavy atom. The molecule has 0 aromatic carbocycles. The van der Waals surface area contributed by atoms with Crippen LogP contribution < -0.4 is 0 Å². The third-order valence-electron chi connectivity index (χ3n) is 20.1. The molecule has 4 aliphatic carbocycles. The van der Waals surface area contributed by atoms with Crippen LogP contribution in [-0.4, -0.2) is 252 Å². The number of carbonyl (C=O) groups excluding carboxylic acids is 1. The molecule has 0 aromatic heterocycles. The largest absolute Gasteiger partial charge is 0.394 e. The molecule has 24 heteroatoms. The van der Waals surface area contributed by atoms with E-state index in [1.54, 1.807) is 35.0 Å². The molecular formula is C55H90O24. The molecule has 24 nitrogen and oxygen atoms in total. The number of rotatable bonds is 16. The highest BCUT2D eigenvalue weighted by atomic mass is 16.8. The first kappa shape index (κ1) is 62.0. The topological polar surface area (TPSA) is 328 Å². The molecule has 8 fully saturated rings. The highest BCUT2D eigenvalue weighted by Crippen LogP contribution is 2.69. The van der Waals surface area contributed by atoms with Gasteiger partial charge in [0.15, 0.2) is 31.5 Å². The Hall–Kier alpha value is -1.51. The van der Waals surface area contributed by atoms with Crippen LogP contribution in [0, 0.1) is 22.7 Å². The maximum atomic E-state index is 12.8. The maximum absolute atomic E-state index is 12.8. The summed E-state index contributed by atoms with van der Waals surface area (Å²) in [4.78, 5) is 12.8. The summed E-state index contributed by atoms with van der Waals surface area (Å²) in [6.07, 6.45) is -18.3. The molecule has 0 spiro atoms. The summed E-state index contributed by atoms with van der Waals surface area (Å²) >= 11 is 0. The second-order valence-corrected chi connectivity index (χ2v) is 24.4. The molecule has 79 heavy (non-hydrogen) atoms. The van der Waals surface area contributed by atoms with Gasteiger partial charge in [-0.05, 0) is 78.6 Å². The first-order valence-electron chi connectivity index (χ1n) is 28.3. The van der Waals surface area contributed by atoms with Crippen molar-refractivity contribution in [2.75, 3.05) is 35.0 Å². The number of ether oxygens (including phenoxy) is 14. The van der Waals surface area contributed by atoms with Gasteiger partial charge in [0.1, 0.15) is 78.0 Å².